The number of nitrogens with two attached hydrogens (primary N) is 1. The van der Waals surface area contributed by atoms with Crippen molar-refractivity contribution >= 4 is 11.9 Å². The van der Waals surface area contributed by atoms with Gasteiger partial charge in [-0.25, -0.2) is 4.39 Å². The van der Waals surface area contributed by atoms with Crippen molar-refractivity contribution < 1.29 is 13.9 Å². The molecule has 1 heterocycles. The van der Waals surface area contributed by atoms with Gasteiger partial charge in [-0.2, -0.15) is 0 Å². The molecule has 1 fully saturated rings. The summed E-state index contributed by atoms with van der Waals surface area (Å²) >= 11 is 0. The second-order valence-corrected chi connectivity index (χ2v) is 7.92. The first kappa shape index (κ1) is 23.1. The van der Waals surface area contributed by atoms with Crippen LogP contribution in [-0.2, 0) is 16.0 Å². The third-order valence-corrected chi connectivity index (χ3v) is 5.15. The number of morpholine rings is 1. The number of carbonyl (C=O) groups excluding carboxylic acids is 1. The Morgan fingerprint density at radius 2 is 1.93 bits per heavy atom. The van der Waals surface area contributed by atoms with Crippen LogP contribution in [0.3, 0.4) is 0 Å². The van der Waals surface area contributed by atoms with E-state index in [0.717, 1.165) is 31.9 Å². The van der Waals surface area contributed by atoms with Crippen LogP contribution in [-0.4, -0.2) is 68.2 Å². The van der Waals surface area contributed by atoms with E-state index in [4.69, 9.17) is 15.5 Å². The van der Waals surface area contributed by atoms with E-state index in [1.165, 1.54) is 12.1 Å². The zero-order valence-electron chi connectivity index (χ0n) is 17.7. The molecule has 8 heteroatoms. The highest BCUT2D eigenvalue weighted by Gasteiger charge is 2.28. The first-order valence-corrected chi connectivity index (χ1v) is 10.2. The molecule has 7 nitrogen and oxygen atoms in total. The van der Waals surface area contributed by atoms with Gasteiger partial charge >= 0.3 is 0 Å². The highest BCUT2D eigenvalue weighted by atomic mass is 19.1. The number of nitrogens with one attached hydrogen (secondary N) is 2. The Morgan fingerprint density at radius 1 is 1.28 bits per heavy atom. The molecule has 29 heavy (non-hydrogen) atoms. The number of aliphatic imine (C=N–C) groups is 1. The average Bonchev–Trinajstić information content (AvgIpc) is 2.71. The Hall–Kier alpha value is -2.19. The molecular formula is C21H34FN5O2. The van der Waals surface area contributed by atoms with Crippen molar-refractivity contribution in [3.63, 3.8) is 0 Å². The van der Waals surface area contributed by atoms with Crippen LogP contribution < -0.4 is 16.4 Å². The molecule has 162 valence electrons. The van der Waals surface area contributed by atoms with Crippen molar-refractivity contribution in [1.29, 1.82) is 0 Å². The van der Waals surface area contributed by atoms with E-state index >= 15 is 0 Å². The van der Waals surface area contributed by atoms with Crippen LogP contribution in [0.4, 0.5) is 4.39 Å². The van der Waals surface area contributed by atoms with Gasteiger partial charge in [-0.15, -0.1) is 0 Å². The number of hydrogen-bond acceptors (Lipinski definition) is 4. The molecule has 4 N–H and O–H groups in total. The van der Waals surface area contributed by atoms with Crippen molar-refractivity contribution in [3.05, 3.63) is 35.6 Å². The molecule has 0 radical (unpaired) electrons. The van der Waals surface area contributed by atoms with E-state index in [0.29, 0.717) is 32.0 Å². The minimum atomic E-state index is -0.420. The highest BCUT2D eigenvalue weighted by Crippen LogP contribution is 2.16. The van der Waals surface area contributed by atoms with Crippen molar-refractivity contribution in [3.8, 4) is 0 Å². The van der Waals surface area contributed by atoms with Gasteiger partial charge in [0, 0.05) is 31.7 Å². The SMILES string of the molecule is CCNC(=NCC(C)(C)N1CCOCC1)NCC(Cc1ccc(F)cc1)C(N)=O. The molecule has 0 aliphatic carbocycles. The Labute approximate surface area is 172 Å². The number of primary amides is 1. The quantitative estimate of drug-likeness (QED) is 0.422. The van der Waals surface area contributed by atoms with E-state index in [9.17, 15) is 9.18 Å². The van der Waals surface area contributed by atoms with E-state index in [1.807, 2.05) is 6.92 Å². The predicted molar refractivity (Wildman–Crippen MR) is 113 cm³/mol. The molecule has 1 amide bonds. The number of nitrogens with zero attached hydrogens (tertiary/aromatic N) is 2. The first-order chi connectivity index (χ1) is 13.8. The number of hydrogen-bond donors (Lipinski definition) is 3. The number of ether oxygens (including phenoxy) is 1. The maximum Gasteiger partial charge on any atom is 0.222 e. The molecule has 1 unspecified atom stereocenters. The lowest BCUT2D eigenvalue weighted by atomic mass is 9.98. The van der Waals surface area contributed by atoms with Gasteiger partial charge in [0.15, 0.2) is 5.96 Å². The minimum Gasteiger partial charge on any atom is -0.379 e. The van der Waals surface area contributed by atoms with Crippen LogP contribution in [0.2, 0.25) is 0 Å². The van der Waals surface area contributed by atoms with Crippen LogP contribution in [0.5, 0.6) is 0 Å². The number of benzene rings is 1. The van der Waals surface area contributed by atoms with E-state index < -0.39 is 11.8 Å². The van der Waals surface area contributed by atoms with Crippen LogP contribution >= 0.6 is 0 Å². The molecule has 1 aromatic rings. The second-order valence-electron chi connectivity index (χ2n) is 7.92. The molecule has 1 aliphatic rings. The van der Waals surface area contributed by atoms with Crippen LogP contribution in [0.25, 0.3) is 0 Å². The van der Waals surface area contributed by atoms with Gasteiger partial charge in [-0.05, 0) is 44.9 Å². The predicted octanol–water partition coefficient (Wildman–Crippen LogP) is 1.14. The lowest BCUT2D eigenvalue weighted by molar-refractivity contribution is -0.121. The Kier molecular flexibility index (Phi) is 8.85. The van der Waals surface area contributed by atoms with E-state index in [2.05, 4.69) is 29.4 Å². The average molecular weight is 408 g/mol. The number of carbonyl (C=O) groups is 1. The zero-order valence-corrected chi connectivity index (χ0v) is 17.7. The standard InChI is InChI=1S/C21H34FN5O2/c1-4-24-20(26-15-21(2,3)27-9-11-29-12-10-27)25-14-17(19(23)28)13-16-5-7-18(22)8-6-16/h5-8,17H,4,9-15H2,1-3H3,(H2,23,28)(H2,24,25,26). The van der Waals surface area contributed by atoms with Gasteiger partial charge in [-0.3, -0.25) is 14.7 Å². The number of guanidine groups is 1. The maximum absolute atomic E-state index is 13.1. The van der Waals surface area contributed by atoms with Gasteiger partial charge in [0.25, 0.3) is 0 Å². The summed E-state index contributed by atoms with van der Waals surface area (Å²) < 4.78 is 18.5. The second kappa shape index (κ2) is 11.1. The molecule has 0 spiro atoms. The maximum atomic E-state index is 13.1. The molecule has 2 rings (SSSR count). The van der Waals surface area contributed by atoms with Crippen molar-refractivity contribution in [2.45, 2.75) is 32.7 Å². The smallest absolute Gasteiger partial charge is 0.222 e. The topological polar surface area (TPSA) is 92.0 Å². The molecule has 0 saturated carbocycles. The van der Waals surface area contributed by atoms with E-state index in [1.54, 1.807) is 12.1 Å². The molecule has 1 aliphatic heterocycles. The van der Waals surface area contributed by atoms with Gasteiger partial charge in [0.2, 0.25) is 5.91 Å². The van der Waals surface area contributed by atoms with Gasteiger partial charge in [0.05, 0.1) is 25.7 Å². The van der Waals surface area contributed by atoms with Crippen molar-refractivity contribution in [2.24, 2.45) is 16.6 Å². The Bertz CT molecular complexity index is 672. The summed E-state index contributed by atoms with van der Waals surface area (Å²) in [5.74, 6) is -0.464. The summed E-state index contributed by atoms with van der Waals surface area (Å²) in [6.07, 6.45) is 0.446. The fourth-order valence-corrected chi connectivity index (χ4v) is 3.28. The lowest BCUT2D eigenvalue weighted by Gasteiger charge is -2.39. The summed E-state index contributed by atoms with van der Waals surface area (Å²) in [5.41, 5.74) is 6.36. The summed E-state index contributed by atoms with van der Waals surface area (Å²) in [7, 11) is 0. The number of halogens is 1. The lowest BCUT2D eigenvalue weighted by Crippen LogP contribution is -2.52. The molecule has 0 aromatic heterocycles. The summed E-state index contributed by atoms with van der Waals surface area (Å²) in [6.45, 7) is 11.3. The normalized spacial score (nSPS) is 17.0. The molecule has 0 bridgehead atoms. The van der Waals surface area contributed by atoms with Gasteiger partial charge < -0.3 is 21.1 Å². The summed E-state index contributed by atoms with van der Waals surface area (Å²) in [4.78, 5) is 19.0. The van der Waals surface area contributed by atoms with Crippen molar-refractivity contribution in [1.82, 2.24) is 15.5 Å². The summed E-state index contributed by atoms with van der Waals surface area (Å²) in [6, 6.07) is 6.13. The zero-order chi connectivity index (χ0) is 21.3. The van der Waals surface area contributed by atoms with Crippen LogP contribution in [0.1, 0.15) is 26.3 Å². The fraction of sp³-hybridized carbons (Fsp3) is 0.619. The van der Waals surface area contributed by atoms with Crippen molar-refractivity contribution in [2.75, 3.05) is 45.9 Å². The number of amides is 1. The summed E-state index contributed by atoms with van der Waals surface area (Å²) in [5, 5.41) is 6.45. The fourth-order valence-electron chi connectivity index (χ4n) is 3.28. The molecular weight excluding hydrogens is 373 g/mol. The van der Waals surface area contributed by atoms with Gasteiger partial charge in [0.1, 0.15) is 5.82 Å². The van der Waals surface area contributed by atoms with Gasteiger partial charge in [-0.1, -0.05) is 12.1 Å². The molecule has 1 saturated heterocycles. The van der Waals surface area contributed by atoms with E-state index in [-0.39, 0.29) is 11.4 Å². The van der Waals surface area contributed by atoms with Crippen LogP contribution in [0.15, 0.2) is 29.3 Å². The Morgan fingerprint density at radius 3 is 2.52 bits per heavy atom. The largest absolute Gasteiger partial charge is 0.379 e. The molecule has 1 aromatic carbocycles. The third kappa shape index (κ3) is 7.62. The Balaban J connectivity index is 1.96. The van der Waals surface area contributed by atoms with Crippen LogP contribution in [0, 0.1) is 11.7 Å². The minimum absolute atomic E-state index is 0.0939. The highest BCUT2D eigenvalue weighted by molar-refractivity contribution is 5.82. The monoisotopic (exact) mass is 407 g/mol. The number of rotatable bonds is 9. The molecule has 1 atom stereocenters. The first-order valence-electron chi connectivity index (χ1n) is 10.2. The third-order valence-electron chi connectivity index (χ3n) is 5.15.